The van der Waals surface area contributed by atoms with Gasteiger partial charge in [-0.15, -0.1) is 11.3 Å². The summed E-state index contributed by atoms with van der Waals surface area (Å²) in [5.41, 5.74) is 4.45. The maximum absolute atomic E-state index is 5.75. The van der Waals surface area contributed by atoms with Gasteiger partial charge in [-0.1, -0.05) is 63.6 Å². The third-order valence-corrected chi connectivity index (χ3v) is 5.18. The lowest BCUT2D eigenvalue weighted by atomic mass is 10.00. The lowest BCUT2D eigenvalue weighted by Crippen LogP contribution is -2.36. The maximum atomic E-state index is 5.75. The second-order valence-corrected chi connectivity index (χ2v) is 6.79. The third kappa shape index (κ3) is 5.10. The van der Waals surface area contributed by atoms with E-state index in [0.717, 1.165) is 6.42 Å². The van der Waals surface area contributed by atoms with Crippen molar-refractivity contribution < 1.29 is 0 Å². The van der Waals surface area contributed by atoms with E-state index in [1.54, 1.807) is 0 Å². The number of rotatable bonds is 10. The lowest BCUT2D eigenvalue weighted by Gasteiger charge is -2.15. The summed E-state index contributed by atoms with van der Waals surface area (Å²) in [5.74, 6) is 5.75. The van der Waals surface area contributed by atoms with Gasteiger partial charge in [0.2, 0.25) is 0 Å². The predicted octanol–water partition coefficient (Wildman–Crippen LogP) is 5.03. The highest BCUT2D eigenvalue weighted by molar-refractivity contribution is 7.17. The largest absolute Gasteiger partial charge is 0.271 e. The first-order chi connectivity index (χ1) is 10.3. The molecule has 116 valence electrons. The molecule has 0 fully saturated rings. The summed E-state index contributed by atoms with van der Waals surface area (Å²) in [6.07, 6.45) is 10.3. The van der Waals surface area contributed by atoms with Crippen molar-refractivity contribution in [3.8, 4) is 0 Å². The Morgan fingerprint density at radius 3 is 2.67 bits per heavy atom. The molecule has 0 saturated carbocycles. The fourth-order valence-corrected chi connectivity index (χ4v) is 3.85. The van der Waals surface area contributed by atoms with Gasteiger partial charge in [0.1, 0.15) is 0 Å². The van der Waals surface area contributed by atoms with Crippen LogP contribution in [0.25, 0.3) is 10.1 Å². The van der Waals surface area contributed by atoms with Gasteiger partial charge in [0.05, 0.1) is 0 Å². The van der Waals surface area contributed by atoms with Gasteiger partial charge in [0, 0.05) is 10.7 Å². The fraction of sp³-hybridized carbons (Fsp3) is 0.556. The molecule has 1 unspecified atom stereocenters. The number of benzene rings is 1. The van der Waals surface area contributed by atoms with E-state index < -0.39 is 0 Å². The Labute approximate surface area is 132 Å². The van der Waals surface area contributed by atoms with E-state index >= 15 is 0 Å². The topological polar surface area (TPSA) is 38.0 Å². The van der Waals surface area contributed by atoms with Crippen LogP contribution >= 0.6 is 11.3 Å². The second kappa shape index (κ2) is 9.19. The molecule has 0 amide bonds. The molecule has 1 aromatic heterocycles. The van der Waals surface area contributed by atoms with E-state index in [4.69, 9.17) is 5.84 Å². The van der Waals surface area contributed by atoms with Gasteiger partial charge in [-0.05, 0) is 35.2 Å². The number of unbranched alkanes of at least 4 members (excludes halogenated alkanes) is 5. The highest BCUT2D eigenvalue weighted by Crippen LogP contribution is 2.27. The molecule has 21 heavy (non-hydrogen) atoms. The number of hydrogen-bond acceptors (Lipinski definition) is 3. The number of hydrazine groups is 1. The molecule has 1 aromatic carbocycles. The summed E-state index contributed by atoms with van der Waals surface area (Å²) in [5, 5.41) is 3.68. The molecule has 0 radical (unpaired) electrons. The summed E-state index contributed by atoms with van der Waals surface area (Å²) in [6.45, 7) is 2.26. The van der Waals surface area contributed by atoms with Crippen molar-refractivity contribution in [1.82, 2.24) is 5.43 Å². The summed E-state index contributed by atoms with van der Waals surface area (Å²) in [7, 11) is 0. The van der Waals surface area contributed by atoms with Crippen LogP contribution in [0.1, 0.15) is 57.4 Å². The molecule has 0 spiro atoms. The highest BCUT2D eigenvalue weighted by Gasteiger charge is 2.11. The molecule has 2 aromatic rings. The fourth-order valence-electron chi connectivity index (χ4n) is 2.87. The maximum Gasteiger partial charge on any atom is 0.0345 e. The van der Waals surface area contributed by atoms with Crippen LogP contribution in [0.3, 0.4) is 0 Å². The predicted molar refractivity (Wildman–Crippen MR) is 94.6 cm³/mol. The van der Waals surface area contributed by atoms with Crippen LogP contribution in [-0.2, 0) is 6.42 Å². The first kappa shape index (κ1) is 16.5. The zero-order valence-electron chi connectivity index (χ0n) is 13.1. The number of nitrogens with two attached hydrogens (primary N) is 1. The molecular weight excluding hydrogens is 276 g/mol. The minimum Gasteiger partial charge on any atom is -0.271 e. The molecule has 3 heteroatoms. The monoisotopic (exact) mass is 304 g/mol. The van der Waals surface area contributed by atoms with Crippen molar-refractivity contribution in [1.29, 1.82) is 0 Å². The second-order valence-electron chi connectivity index (χ2n) is 5.88. The SMILES string of the molecule is CCCCCCCCC(Cc1csc2ccccc12)NN. The van der Waals surface area contributed by atoms with Crippen molar-refractivity contribution >= 4 is 21.4 Å². The average Bonchev–Trinajstić information content (AvgIpc) is 2.92. The Morgan fingerprint density at radius 1 is 1.10 bits per heavy atom. The van der Waals surface area contributed by atoms with Gasteiger partial charge in [-0.25, -0.2) is 0 Å². The third-order valence-electron chi connectivity index (χ3n) is 4.17. The number of fused-ring (bicyclic) bond motifs is 1. The molecule has 3 N–H and O–H groups in total. The van der Waals surface area contributed by atoms with Crippen molar-refractivity contribution in [3.05, 3.63) is 35.2 Å². The number of thiophene rings is 1. The summed E-state index contributed by atoms with van der Waals surface area (Å²) in [6, 6.07) is 9.05. The van der Waals surface area contributed by atoms with Crippen LogP contribution in [0, 0.1) is 0 Å². The summed E-state index contributed by atoms with van der Waals surface area (Å²) in [4.78, 5) is 0. The Balaban J connectivity index is 1.79. The number of nitrogens with one attached hydrogen (secondary N) is 1. The van der Waals surface area contributed by atoms with E-state index in [9.17, 15) is 0 Å². The van der Waals surface area contributed by atoms with Crippen LogP contribution in [0.2, 0.25) is 0 Å². The normalized spacial score (nSPS) is 12.9. The van der Waals surface area contributed by atoms with E-state index in [0.29, 0.717) is 6.04 Å². The summed E-state index contributed by atoms with van der Waals surface area (Å²) < 4.78 is 1.38. The molecule has 2 rings (SSSR count). The highest BCUT2D eigenvalue weighted by atomic mass is 32.1. The van der Waals surface area contributed by atoms with Crippen molar-refractivity contribution in [2.75, 3.05) is 0 Å². The molecule has 2 nitrogen and oxygen atoms in total. The van der Waals surface area contributed by atoms with Crippen molar-refractivity contribution in [2.45, 2.75) is 64.3 Å². The zero-order valence-corrected chi connectivity index (χ0v) is 13.9. The zero-order chi connectivity index (χ0) is 14.9. The minimum atomic E-state index is 0.397. The van der Waals surface area contributed by atoms with Crippen LogP contribution in [-0.4, -0.2) is 6.04 Å². The molecule has 0 aliphatic rings. The Morgan fingerprint density at radius 2 is 1.86 bits per heavy atom. The van der Waals surface area contributed by atoms with Crippen molar-refractivity contribution in [3.63, 3.8) is 0 Å². The Bertz CT molecular complexity index is 521. The molecule has 1 heterocycles. The van der Waals surface area contributed by atoms with Crippen LogP contribution < -0.4 is 11.3 Å². The van der Waals surface area contributed by atoms with Gasteiger partial charge in [-0.3, -0.25) is 11.3 Å². The molecule has 1 atom stereocenters. The molecule has 0 aliphatic carbocycles. The Hall–Kier alpha value is -0.900. The molecule has 0 saturated heterocycles. The Kier molecular flexibility index (Phi) is 7.20. The molecule has 0 aliphatic heterocycles. The first-order valence-corrected chi connectivity index (χ1v) is 9.14. The van der Waals surface area contributed by atoms with E-state index in [2.05, 4.69) is 42.0 Å². The van der Waals surface area contributed by atoms with Crippen LogP contribution in [0.4, 0.5) is 0 Å². The van der Waals surface area contributed by atoms with E-state index in [-0.39, 0.29) is 0 Å². The van der Waals surface area contributed by atoms with Gasteiger partial charge in [0.25, 0.3) is 0 Å². The standard InChI is InChI=1S/C18H28N2S/c1-2-3-4-5-6-7-10-16(20-19)13-15-14-21-18-12-9-8-11-17(15)18/h8-9,11-12,14,16,20H,2-7,10,13,19H2,1H3. The van der Waals surface area contributed by atoms with Gasteiger partial charge in [-0.2, -0.15) is 0 Å². The molecular formula is C18H28N2S. The average molecular weight is 305 g/mol. The van der Waals surface area contributed by atoms with Gasteiger partial charge >= 0.3 is 0 Å². The smallest absolute Gasteiger partial charge is 0.0345 e. The minimum absolute atomic E-state index is 0.397. The molecule has 0 bridgehead atoms. The summed E-state index contributed by atoms with van der Waals surface area (Å²) >= 11 is 1.84. The van der Waals surface area contributed by atoms with Gasteiger partial charge < -0.3 is 0 Å². The van der Waals surface area contributed by atoms with E-state index in [1.807, 2.05) is 11.3 Å². The quantitative estimate of drug-likeness (QED) is 0.367. The van der Waals surface area contributed by atoms with Gasteiger partial charge in [0.15, 0.2) is 0 Å². The first-order valence-electron chi connectivity index (χ1n) is 8.26. The van der Waals surface area contributed by atoms with E-state index in [1.165, 1.54) is 60.6 Å². The lowest BCUT2D eigenvalue weighted by molar-refractivity contribution is 0.460. The van der Waals surface area contributed by atoms with Crippen molar-refractivity contribution in [2.24, 2.45) is 5.84 Å². The van der Waals surface area contributed by atoms with Crippen LogP contribution in [0.5, 0.6) is 0 Å². The van der Waals surface area contributed by atoms with Crippen LogP contribution in [0.15, 0.2) is 29.6 Å². The number of hydrogen-bond donors (Lipinski definition) is 2.